The first-order valence-corrected chi connectivity index (χ1v) is 10.8. The molecule has 11 heteroatoms. The topological polar surface area (TPSA) is 152 Å². The fourth-order valence-corrected chi connectivity index (χ4v) is 3.53. The zero-order valence-electron chi connectivity index (χ0n) is 16.1. The summed E-state index contributed by atoms with van der Waals surface area (Å²) in [7, 11) is -4.74. The number of hydrogen-bond donors (Lipinski definition) is 4. The first-order valence-electron chi connectivity index (χ1n) is 9.44. The summed E-state index contributed by atoms with van der Waals surface area (Å²) < 4.78 is 44.7. The Morgan fingerprint density at radius 3 is 2.34 bits per heavy atom. The molecule has 0 amide bonds. The maximum atomic E-state index is 12.3. The number of ether oxygens (including phenoxy) is 2. The van der Waals surface area contributed by atoms with Gasteiger partial charge >= 0.3 is 10.4 Å². The molecule has 0 radical (unpaired) electrons. The predicted molar refractivity (Wildman–Crippen MR) is 100 cm³/mol. The van der Waals surface area contributed by atoms with Crippen LogP contribution in [0.25, 0.3) is 0 Å². The molecule has 5 atom stereocenters. The van der Waals surface area contributed by atoms with Gasteiger partial charge in [-0.1, -0.05) is 38.3 Å². The summed E-state index contributed by atoms with van der Waals surface area (Å²) in [6.45, 7) is 1.75. The maximum Gasteiger partial charge on any atom is 0.451 e. The molecule has 0 bridgehead atoms. The van der Waals surface area contributed by atoms with Crippen LogP contribution in [-0.4, -0.2) is 72.8 Å². The minimum Gasteiger partial charge on any atom is -0.490 e. The van der Waals surface area contributed by atoms with Crippen molar-refractivity contribution in [2.24, 2.45) is 0 Å². The average molecular weight is 436 g/mol. The Balaban J connectivity index is 2.02. The van der Waals surface area contributed by atoms with Gasteiger partial charge in [0, 0.05) is 0 Å². The van der Waals surface area contributed by atoms with Crippen LogP contribution in [0.4, 0.5) is 0 Å². The predicted octanol–water partition coefficient (Wildman–Crippen LogP) is 0.0858. The van der Waals surface area contributed by atoms with Crippen molar-refractivity contribution in [2.75, 3.05) is 13.2 Å². The molecule has 1 aromatic carbocycles. The number of rotatable bonds is 11. The molecular weight excluding hydrogens is 408 g/mol. The number of aliphatic hydroxyl groups excluding tert-OH is 4. The molecule has 1 aromatic rings. The number of hydrogen-bond acceptors (Lipinski definition) is 10. The highest BCUT2D eigenvalue weighted by Gasteiger charge is 2.46. The number of aliphatic hydroxyl groups is 4. The van der Waals surface area contributed by atoms with E-state index in [1.807, 2.05) is 0 Å². The van der Waals surface area contributed by atoms with Crippen LogP contribution < -0.4 is 8.92 Å². The molecule has 1 fully saturated rings. The lowest BCUT2D eigenvalue weighted by Gasteiger charge is -2.38. The molecule has 10 nitrogen and oxygen atoms in total. The van der Waals surface area contributed by atoms with Crippen molar-refractivity contribution >= 4 is 10.4 Å². The van der Waals surface area contributed by atoms with Crippen molar-refractivity contribution in [2.45, 2.75) is 63.3 Å². The van der Waals surface area contributed by atoms with Crippen molar-refractivity contribution in [3.8, 4) is 11.5 Å². The first kappa shape index (κ1) is 23.8. The molecule has 1 aliphatic heterocycles. The third-order valence-corrected chi connectivity index (χ3v) is 5.17. The quantitative estimate of drug-likeness (QED) is 0.351. The standard InChI is InChI=1S/C18H28O10S/c1-2-3-4-7-10-25-12-8-5-6-9-13(12)27-29(23,24)28-18-17(22)16(21)15(20)14(11-19)26-18/h5-6,8-9,14-22H,2-4,7,10-11H2,1H3/t14-,15+,16+,17-,18+/m1/s1. The Morgan fingerprint density at radius 1 is 1.00 bits per heavy atom. The molecule has 4 N–H and O–H groups in total. The third kappa shape index (κ3) is 6.78. The van der Waals surface area contributed by atoms with Gasteiger partial charge in [-0.3, -0.25) is 0 Å². The van der Waals surface area contributed by atoms with E-state index < -0.39 is 47.7 Å². The lowest BCUT2D eigenvalue weighted by molar-refractivity contribution is -0.277. The number of para-hydroxylation sites is 2. The van der Waals surface area contributed by atoms with Crippen molar-refractivity contribution in [3.05, 3.63) is 24.3 Å². The molecule has 0 saturated carbocycles. The molecule has 0 spiro atoms. The zero-order chi connectivity index (χ0) is 21.4. The smallest absolute Gasteiger partial charge is 0.451 e. The fourth-order valence-electron chi connectivity index (χ4n) is 2.74. The summed E-state index contributed by atoms with van der Waals surface area (Å²) in [4.78, 5) is 0. The molecular formula is C18H28O10S. The summed E-state index contributed by atoms with van der Waals surface area (Å²) in [6, 6.07) is 6.11. The normalized spacial score (nSPS) is 27.6. The maximum absolute atomic E-state index is 12.3. The second kappa shape index (κ2) is 11.1. The Labute approximate surface area is 169 Å². The summed E-state index contributed by atoms with van der Waals surface area (Å²) >= 11 is 0. The average Bonchev–Trinajstić information content (AvgIpc) is 2.69. The van der Waals surface area contributed by atoms with E-state index in [1.165, 1.54) is 6.07 Å². The lowest BCUT2D eigenvalue weighted by atomic mass is 10.00. The van der Waals surface area contributed by atoms with E-state index in [1.54, 1.807) is 18.2 Å². The van der Waals surface area contributed by atoms with Gasteiger partial charge in [-0.2, -0.15) is 8.42 Å². The van der Waals surface area contributed by atoms with Gasteiger partial charge in [-0.05, 0) is 18.6 Å². The largest absolute Gasteiger partial charge is 0.490 e. The van der Waals surface area contributed by atoms with Crippen molar-refractivity contribution in [1.82, 2.24) is 0 Å². The van der Waals surface area contributed by atoms with Crippen LogP contribution in [-0.2, 0) is 19.3 Å². The van der Waals surface area contributed by atoms with Crippen LogP contribution >= 0.6 is 0 Å². The Kier molecular flexibility index (Phi) is 9.08. The van der Waals surface area contributed by atoms with E-state index >= 15 is 0 Å². The second-order valence-electron chi connectivity index (χ2n) is 6.64. The molecule has 166 valence electrons. The van der Waals surface area contributed by atoms with Crippen molar-refractivity contribution < 1.29 is 46.7 Å². The lowest BCUT2D eigenvalue weighted by Crippen LogP contribution is -2.59. The van der Waals surface area contributed by atoms with Crippen LogP contribution in [0, 0.1) is 0 Å². The molecule has 29 heavy (non-hydrogen) atoms. The van der Waals surface area contributed by atoms with Crippen LogP contribution in [0.1, 0.15) is 32.6 Å². The van der Waals surface area contributed by atoms with Gasteiger partial charge in [0.25, 0.3) is 0 Å². The molecule has 0 unspecified atom stereocenters. The van der Waals surface area contributed by atoms with Gasteiger partial charge in [-0.25, -0.2) is 4.18 Å². The Morgan fingerprint density at radius 2 is 1.69 bits per heavy atom. The molecule has 1 saturated heterocycles. The van der Waals surface area contributed by atoms with Gasteiger partial charge < -0.3 is 34.1 Å². The molecule has 1 heterocycles. The van der Waals surface area contributed by atoms with E-state index in [0.29, 0.717) is 6.61 Å². The minimum atomic E-state index is -4.74. The first-order chi connectivity index (χ1) is 13.8. The van der Waals surface area contributed by atoms with Crippen LogP contribution in [0.15, 0.2) is 24.3 Å². The SMILES string of the molecule is CCCCCCOc1ccccc1OS(=O)(=O)O[C@@H]1O[C@H](CO)[C@H](O)[C@H](O)[C@H]1O. The fraction of sp³-hybridized carbons (Fsp3) is 0.667. The van der Waals surface area contributed by atoms with Crippen LogP contribution in [0.5, 0.6) is 11.5 Å². The molecule has 1 aliphatic rings. The Bertz CT molecular complexity index is 723. The van der Waals surface area contributed by atoms with E-state index in [9.17, 15) is 23.7 Å². The van der Waals surface area contributed by atoms with Crippen LogP contribution in [0.2, 0.25) is 0 Å². The molecule has 0 aliphatic carbocycles. The van der Waals surface area contributed by atoms with Gasteiger partial charge in [0.05, 0.1) is 13.2 Å². The molecule has 2 rings (SSSR count). The summed E-state index contributed by atoms with van der Waals surface area (Å²) in [5.74, 6) is 0.0811. The van der Waals surface area contributed by atoms with E-state index in [2.05, 4.69) is 6.92 Å². The summed E-state index contributed by atoms with van der Waals surface area (Å²) in [5, 5.41) is 38.5. The summed E-state index contributed by atoms with van der Waals surface area (Å²) in [6.07, 6.45) is -4.55. The number of benzene rings is 1. The summed E-state index contributed by atoms with van der Waals surface area (Å²) in [5.41, 5.74) is 0. The highest BCUT2D eigenvalue weighted by Crippen LogP contribution is 2.30. The zero-order valence-corrected chi connectivity index (χ0v) is 16.9. The van der Waals surface area contributed by atoms with Gasteiger partial charge in [0.2, 0.25) is 6.29 Å². The van der Waals surface area contributed by atoms with Crippen molar-refractivity contribution in [3.63, 3.8) is 0 Å². The highest BCUT2D eigenvalue weighted by atomic mass is 32.3. The minimum absolute atomic E-state index is 0.118. The third-order valence-electron chi connectivity index (χ3n) is 4.36. The van der Waals surface area contributed by atoms with E-state index in [-0.39, 0.29) is 11.5 Å². The van der Waals surface area contributed by atoms with E-state index in [0.717, 1.165) is 25.7 Å². The van der Waals surface area contributed by atoms with Gasteiger partial charge in [0.15, 0.2) is 11.5 Å². The monoisotopic (exact) mass is 436 g/mol. The second-order valence-corrected chi connectivity index (χ2v) is 7.82. The van der Waals surface area contributed by atoms with Crippen LogP contribution in [0.3, 0.4) is 0 Å². The number of unbranched alkanes of at least 4 members (excludes halogenated alkanes) is 3. The van der Waals surface area contributed by atoms with Crippen molar-refractivity contribution in [1.29, 1.82) is 0 Å². The van der Waals surface area contributed by atoms with E-state index in [4.69, 9.17) is 22.9 Å². The van der Waals surface area contributed by atoms with Gasteiger partial charge in [-0.15, -0.1) is 0 Å². The van der Waals surface area contributed by atoms with Gasteiger partial charge in [0.1, 0.15) is 24.4 Å². The highest BCUT2D eigenvalue weighted by molar-refractivity contribution is 7.82. The Hall–Kier alpha value is -1.47. The molecule has 0 aromatic heterocycles.